The molecular weight excluding hydrogens is 340 g/mol. The highest BCUT2D eigenvalue weighted by Gasteiger charge is 2.48. The highest BCUT2D eigenvalue weighted by Crippen LogP contribution is 2.33. The summed E-state index contributed by atoms with van der Waals surface area (Å²) < 4.78 is 79.1. The quantitative estimate of drug-likeness (QED) is 0.418. The molecule has 0 atom stereocenters. The molecule has 132 valence electrons. The Labute approximate surface area is 132 Å². The van der Waals surface area contributed by atoms with E-state index in [-0.39, 0.29) is 11.0 Å². The van der Waals surface area contributed by atoms with Crippen LogP contribution in [0.4, 0.5) is 17.6 Å². The average molecular weight is 358 g/mol. The first kappa shape index (κ1) is 21.2. The van der Waals surface area contributed by atoms with Gasteiger partial charge in [-0.2, -0.15) is 21.6 Å². The monoisotopic (exact) mass is 358 g/mol. The predicted octanol–water partition coefficient (Wildman–Crippen LogP) is 5.24. The number of rotatable bonds is 2. The van der Waals surface area contributed by atoms with Gasteiger partial charge < -0.3 is 8.60 Å². The number of alkyl halides is 3. The molecule has 0 saturated heterocycles. The van der Waals surface area contributed by atoms with E-state index in [0.29, 0.717) is 6.26 Å². The third kappa shape index (κ3) is 5.74. The third-order valence-electron chi connectivity index (χ3n) is 1.99. The first-order valence-corrected chi connectivity index (χ1v) is 8.20. The van der Waals surface area contributed by atoms with Crippen molar-refractivity contribution in [3.63, 3.8) is 0 Å². The second-order valence-electron chi connectivity index (χ2n) is 3.93. The zero-order valence-corrected chi connectivity index (χ0v) is 13.9. The van der Waals surface area contributed by atoms with Gasteiger partial charge in [-0.3, -0.25) is 0 Å². The van der Waals surface area contributed by atoms with Crippen LogP contribution in [0.25, 0.3) is 11.0 Å². The number of hydrogen-bond acceptors (Lipinski definition) is 4. The lowest BCUT2D eigenvalue weighted by Crippen LogP contribution is -2.27. The van der Waals surface area contributed by atoms with E-state index in [2.05, 4.69) is 18.0 Å². The molecule has 2 rings (SSSR count). The summed E-state index contributed by atoms with van der Waals surface area (Å²) in [6.07, 6.45) is 1.91. The summed E-state index contributed by atoms with van der Waals surface area (Å²) in [7, 11) is -5.78. The van der Waals surface area contributed by atoms with Gasteiger partial charge in [0.05, 0.1) is 5.39 Å². The first-order chi connectivity index (χ1) is 10.6. The van der Waals surface area contributed by atoms with E-state index in [9.17, 15) is 26.0 Å². The van der Waals surface area contributed by atoms with E-state index < -0.39 is 27.2 Å². The average Bonchev–Trinajstić information content (AvgIpc) is 2.82. The SMILES string of the molecule is CC.CCC.O=S(=O)(Oc1coc2cc(F)ccc12)C(F)(F)F. The van der Waals surface area contributed by atoms with E-state index in [4.69, 9.17) is 4.42 Å². The fourth-order valence-corrected chi connectivity index (χ4v) is 1.67. The van der Waals surface area contributed by atoms with Crippen LogP contribution in [0.15, 0.2) is 28.9 Å². The molecule has 0 spiro atoms. The molecule has 0 unspecified atom stereocenters. The van der Waals surface area contributed by atoms with Crippen molar-refractivity contribution in [2.24, 2.45) is 0 Å². The maximum Gasteiger partial charge on any atom is 0.534 e. The van der Waals surface area contributed by atoms with Crippen molar-refractivity contribution in [2.75, 3.05) is 0 Å². The van der Waals surface area contributed by atoms with Crippen molar-refractivity contribution < 1.29 is 34.6 Å². The Morgan fingerprint density at radius 2 is 1.70 bits per heavy atom. The fraction of sp³-hybridized carbons (Fsp3) is 0.429. The molecule has 23 heavy (non-hydrogen) atoms. The number of fused-ring (bicyclic) bond motifs is 1. The molecule has 9 heteroatoms. The van der Waals surface area contributed by atoms with Crippen LogP contribution >= 0.6 is 0 Å². The first-order valence-electron chi connectivity index (χ1n) is 6.79. The van der Waals surface area contributed by atoms with Crippen LogP contribution < -0.4 is 4.18 Å². The van der Waals surface area contributed by atoms with Crippen molar-refractivity contribution >= 4 is 21.1 Å². The highest BCUT2D eigenvalue weighted by atomic mass is 32.2. The van der Waals surface area contributed by atoms with Gasteiger partial charge in [0.2, 0.25) is 0 Å². The van der Waals surface area contributed by atoms with Gasteiger partial charge in [-0.15, -0.1) is 0 Å². The number of hydrogen-bond donors (Lipinski definition) is 0. The van der Waals surface area contributed by atoms with E-state index >= 15 is 0 Å². The summed E-state index contributed by atoms with van der Waals surface area (Å²) >= 11 is 0. The lowest BCUT2D eigenvalue weighted by molar-refractivity contribution is -0.0499. The van der Waals surface area contributed by atoms with Crippen molar-refractivity contribution in [3.05, 3.63) is 30.3 Å². The van der Waals surface area contributed by atoms with E-state index in [0.717, 1.165) is 18.2 Å². The molecule has 0 aliphatic heterocycles. The van der Waals surface area contributed by atoms with Gasteiger partial charge in [-0.1, -0.05) is 34.1 Å². The van der Waals surface area contributed by atoms with Crippen LogP contribution in [0, 0.1) is 5.82 Å². The van der Waals surface area contributed by atoms with Gasteiger partial charge in [0, 0.05) is 6.07 Å². The maximum atomic E-state index is 12.8. The molecule has 2 aromatic rings. The molecule has 0 aliphatic rings. The summed E-state index contributed by atoms with van der Waals surface area (Å²) in [5.74, 6) is -1.33. The molecule has 1 aromatic carbocycles. The Morgan fingerprint density at radius 3 is 2.17 bits per heavy atom. The van der Waals surface area contributed by atoms with Gasteiger partial charge >= 0.3 is 15.6 Å². The Balaban J connectivity index is 0.000000868. The molecule has 0 radical (unpaired) electrons. The Morgan fingerprint density at radius 1 is 1.17 bits per heavy atom. The molecule has 0 N–H and O–H groups in total. The number of benzene rings is 1. The lowest BCUT2D eigenvalue weighted by atomic mass is 10.2. The van der Waals surface area contributed by atoms with Crippen LogP contribution in [-0.2, 0) is 10.1 Å². The van der Waals surface area contributed by atoms with Crippen LogP contribution in [0.2, 0.25) is 0 Å². The summed E-state index contributed by atoms with van der Waals surface area (Å²) in [6, 6.07) is 2.88. The number of halogens is 4. The molecule has 0 fully saturated rings. The Hall–Kier alpha value is -1.77. The van der Waals surface area contributed by atoms with Crippen LogP contribution in [0.3, 0.4) is 0 Å². The number of furan rings is 1. The molecule has 0 saturated carbocycles. The molecule has 0 bridgehead atoms. The largest absolute Gasteiger partial charge is 0.534 e. The predicted molar refractivity (Wildman–Crippen MR) is 79.1 cm³/mol. The smallest absolute Gasteiger partial charge is 0.460 e. The zero-order chi connectivity index (χ0) is 18.3. The van der Waals surface area contributed by atoms with Gasteiger partial charge in [0.15, 0.2) is 5.75 Å². The second-order valence-corrected chi connectivity index (χ2v) is 5.47. The van der Waals surface area contributed by atoms with E-state index in [1.165, 1.54) is 6.42 Å². The standard InChI is InChI=1S/C9H4F4O4S.C3H8.C2H6/c10-5-1-2-6-7(3-5)16-4-8(6)17-18(14,15)9(11,12)13;1-3-2;1-2/h1-4H;3H2,1-2H3;1-2H3. The summed E-state index contributed by atoms with van der Waals surface area (Å²) in [5, 5.41) is -0.0794. The van der Waals surface area contributed by atoms with Crippen molar-refractivity contribution in [1.82, 2.24) is 0 Å². The van der Waals surface area contributed by atoms with Gasteiger partial charge in [-0.25, -0.2) is 4.39 Å². The van der Waals surface area contributed by atoms with Crippen LogP contribution in [0.5, 0.6) is 5.75 Å². The minimum absolute atomic E-state index is 0.0794. The zero-order valence-electron chi connectivity index (χ0n) is 13.1. The Kier molecular flexibility index (Phi) is 8.08. The summed E-state index contributed by atoms with van der Waals surface area (Å²) in [6.45, 7) is 8.25. The molecule has 1 aromatic heterocycles. The summed E-state index contributed by atoms with van der Waals surface area (Å²) in [4.78, 5) is 0. The molecule has 0 aliphatic carbocycles. The van der Waals surface area contributed by atoms with Gasteiger partial charge in [0.1, 0.15) is 17.7 Å². The van der Waals surface area contributed by atoms with Crippen molar-refractivity contribution in [3.8, 4) is 5.75 Å². The molecule has 1 heterocycles. The van der Waals surface area contributed by atoms with E-state index in [1.807, 2.05) is 13.8 Å². The maximum absolute atomic E-state index is 12.8. The Bertz CT molecular complexity index is 705. The van der Waals surface area contributed by atoms with Crippen molar-refractivity contribution in [1.29, 1.82) is 0 Å². The van der Waals surface area contributed by atoms with Crippen molar-refractivity contribution in [2.45, 2.75) is 39.6 Å². The van der Waals surface area contributed by atoms with E-state index in [1.54, 1.807) is 0 Å². The minimum Gasteiger partial charge on any atom is -0.460 e. The van der Waals surface area contributed by atoms with Gasteiger partial charge in [0.25, 0.3) is 0 Å². The normalized spacial score (nSPS) is 11.1. The van der Waals surface area contributed by atoms with Crippen LogP contribution in [-0.4, -0.2) is 13.9 Å². The third-order valence-corrected chi connectivity index (χ3v) is 2.95. The molecular formula is C14H18F4O4S. The molecule has 0 amide bonds. The topological polar surface area (TPSA) is 56.5 Å². The minimum atomic E-state index is -5.78. The lowest BCUT2D eigenvalue weighted by Gasteiger charge is -2.07. The summed E-state index contributed by atoms with van der Waals surface area (Å²) in [5.41, 5.74) is -5.67. The highest BCUT2D eigenvalue weighted by molar-refractivity contribution is 7.88. The van der Waals surface area contributed by atoms with Crippen LogP contribution in [0.1, 0.15) is 34.1 Å². The fourth-order valence-electron chi connectivity index (χ4n) is 1.21. The van der Waals surface area contributed by atoms with Gasteiger partial charge in [-0.05, 0) is 12.1 Å². The second kappa shape index (κ2) is 8.76. The molecule has 4 nitrogen and oxygen atoms in total.